The van der Waals surface area contributed by atoms with Gasteiger partial charge in [-0.25, -0.2) is 9.78 Å². The van der Waals surface area contributed by atoms with Crippen molar-refractivity contribution in [2.45, 2.75) is 34.2 Å². The molecule has 1 heterocycles. The van der Waals surface area contributed by atoms with E-state index in [0.717, 1.165) is 6.54 Å². The van der Waals surface area contributed by atoms with E-state index in [4.69, 9.17) is 10.5 Å². The second kappa shape index (κ2) is 5.70. The van der Waals surface area contributed by atoms with E-state index < -0.39 is 5.97 Å². The van der Waals surface area contributed by atoms with Crippen LogP contribution in [0.2, 0.25) is 0 Å². The van der Waals surface area contributed by atoms with Crippen molar-refractivity contribution in [3.8, 4) is 0 Å². The molecule has 2 N–H and O–H groups in total. The van der Waals surface area contributed by atoms with Crippen LogP contribution in [0.4, 0.5) is 5.82 Å². The van der Waals surface area contributed by atoms with Gasteiger partial charge in [-0.2, -0.15) is 0 Å². The lowest BCUT2D eigenvalue weighted by Gasteiger charge is -2.16. The second-order valence-corrected chi connectivity index (χ2v) is 4.57. The molecule has 17 heavy (non-hydrogen) atoms. The lowest BCUT2D eigenvalue weighted by atomic mass is 9.98. The molecule has 0 aliphatic heterocycles. The summed E-state index contributed by atoms with van der Waals surface area (Å²) in [7, 11) is 0. The molecule has 1 rings (SSSR count). The quantitative estimate of drug-likeness (QED) is 0.797. The molecular weight excluding hydrogens is 218 g/mol. The lowest BCUT2D eigenvalue weighted by molar-refractivity contribution is 0.0521. The van der Waals surface area contributed by atoms with Crippen LogP contribution in [0, 0.1) is 11.8 Å². The number of ether oxygens (including phenoxy) is 1. The average Bonchev–Trinajstić information content (AvgIpc) is 2.61. The first-order valence-electron chi connectivity index (χ1n) is 5.95. The fraction of sp³-hybridized carbons (Fsp3) is 0.667. The number of carbonyl (C=O) groups is 1. The molecule has 0 aliphatic carbocycles. The van der Waals surface area contributed by atoms with Crippen molar-refractivity contribution < 1.29 is 9.53 Å². The maximum Gasteiger partial charge on any atom is 0.360 e. The minimum absolute atomic E-state index is 0.211. The molecule has 0 spiro atoms. The molecule has 0 radical (unpaired) electrons. The van der Waals surface area contributed by atoms with E-state index in [2.05, 4.69) is 25.8 Å². The minimum Gasteiger partial charge on any atom is -0.461 e. The first kappa shape index (κ1) is 13.5. The Kier molecular flexibility index (Phi) is 4.54. The number of aromatic nitrogens is 2. The van der Waals surface area contributed by atoms with Gasteiger partial charge in [0.1, 0.15) is 5.82 Å². The van der Waals surface area contributed by atoms with Gasteiger partial charge in [-0.1, -0.05) is 20.8 Å². The highest BCUT2D eigenvalue weighted by atomic mass is 16.5. The number of hydrogen-bond acceptors (Lipinski definition) is 4. The van der Waals surface area contributed by atoms with Crippen molar-refractivity contribution in [3.05, 3.63) is 12.0 Å². The maximum atomic E-state index is 11.5. The zero-order chi connectivity index (χ0) is 13.0. The summed E-state index contributed by atoms with van der Waals surface area (Å²) in [5.74, 6) is 0.960. The molecule has 1 aromatic rings. The number of imidazole rings is 1. The van der Waals surface area contributed by atoms with Crippen LogP contribution in [0.3, 0.4) is 0 Å². The molecule has 96 valence electrons. The van der Waals surface area contributed by atoms with Crippen molar-refractivity contribution in [1.29, 1.82) is 0 Å². The molecule has 1 unspecified atom stereocenters. The van der Waals surface area contributed by atoms with E-state index in [1.54, 1.807) is 17.8 Å². The summed E-state index contributed by atoms with van der Waals surface area (Å²) in [5.41, 5.74) is 6.09. The molecule has 0 amide bonds. The van der Waals surface area contributed by atoms with Crippen LogP contribution in [0.1, 0.15) is 38.2 Å². The summed E-state index contributed by atoms with van der Waals surface area (Å²) in [5, 5.41) is 0. The van der Waals surface area contributed by atoms with Gasteiger partial charge in [0, 0.05) is 6.54 Å². The highest BCUT2D eigenvalue weighted by molar-refractivity contribution is 5.92. The Morgan fingerprint density at radius 1 is 1.53 bits per heavy atom. The molecule has 0 aliphatic rings. The molecule has 5 nitrogen and oxygen atoms in total. The molecule has 0 fully saturated rings. The largest absolute Gasteiger partial charge is 0.461 e. The lowest BCUT2D eigenvalue weighted by Crippen LogP contribution is -2.15. The van der Waals surface area contributed by atoms with Gasteiger partial charge >= 0.3 is 5.97 Å². The summed E-state index contributed by atoms with van der Waals surface area (Å²) in [4.78, 5) is 15.5. The fourth-order valence-corrected chi connectivity index (χ4v) is 1.42. The van der Waals surface area contributed by atoms with Crippen molar-refractivity contribution in [1.82, 2.24) is 9.55 Å². The zero-order valence-electron chi connectivity index (χ0n) is 10.9. The Bertz CT molecular complexity index is 385. The van der Waals surface area contributed by atoms with Crippen LogP contribution >= 0.6 is 0 Å². The van der Waals surface area contributed by atoms with Gasteiger partial charge in [0.25, 0.3) is 0 Å². The highest BCUT2D eigenvalue weighted by Gasteiger charge is 2.18. The summed E-state index contributed by atoms with van der Waals surface area (Å²) in [6, 6.07) is 0. The molecule has 0 bridgehead atoms. The molecule has 1 aromatic heterocycles. The minimum atomic E-state index is -0.457. The van der Waals surface area contributed by atoms with Gasteiger partial charge in [0.2, 0.25) is 0 Å². The summed E-state index contributed by atoms with van der Waals surface area (Å²) in [6.07, 6.45) is 1.60. The third-order valence-corrected chi connectivity index (χ3v) is 2.97. The second-order valence-electron chi connectivity index (χ2n) is 4.57. The van der Waals surface area contributed by atoms with E-state index >= 15 is 0 Å². The van der Waals surface area contributed by atoms with Gasteiger partial charge in [-0.3, -0.25) is 0 Å². The van der Waals surface area contributed by atoms with Gasteiger partial charge < -0.3 is 15.0 Å². The third-order valence-electron chi connectivity index (χ3n) is 2.97. The summed E-state index contributed by atoms with van der Waals surface area (Å²) >= 11 is 0. The molecule has 0 saturated carbocycles. The zero-order valence-corrected chi connectivity index (χ0v) is 10.9. The monoisotopic (exact) mass is 239 g/mol. The van der Waals surface area contributed by atoms with E-state index in [9.17, 15) is 4.79 Å². The normalized spacial score (nSPS) is 12.8. The molecular formula is C12H21N3O2. The van der Waals surface area contributed by atoms with E-state index in [1.165, 1.54) is 0 Å². The number of anilines is 1. The van der Waals surface area contributed by atoms with Gasteiger partial charge in [0.05, 0.1) is 12.9 Å². The first-order valence-corrected chi connectivity index (χ1v) is 5.95. The Hall–Kier alpha value is -1.52. The standard InChI is InChI=1S/C12H21N3O2/c1-5-17-12(16)10-11(13)15(7-14-10)6-9(4)8(2)3/h7-9H,5-6,13H2,1-4H3. The fourth-order valence-electron chi connectivity index (χ4n) is 1.42. The van der Waals surface area contributed by atoms with Gasteiger partial charge in [0.15, 0.2) is 5.69 Å². The van der Waals surface area contributed by atoms with Crippen LogP contribution in [-0.2, 0) is 11.3 Å². The van der Waals surface area contributed by atoms with Crippen molar-refractivity contribution >= 4 is 11.8 Å². The number of carbonyl (C=O) groups excluding carboxylic acids is 1. The number of nitrogens with zero attached hydrogens (tertiary/aromatic N) is 2. The topological polar surface area (TPSA) is 70.1 Å². The number of nitrogens with two attached hydrogens (primary N) is 1. The molecule has 5 heteroatoms. The van der Waals surface area contributed by atoms with Crippen molar-refractivity contribution in [3.63, 3.8) is 0 Å². The molecule has 0 saturated heterocycles. The number of nitrogen functional groups attached to an aromatic ring is 1. The van der Waals surface area contributed by atoms with Crippen molar-refractivity contribution in [2.24, 2.45) is 11.8 Å². The number of hydrogen-bond donors (Lipinski definition) is 1. The smallest absolute Gasteiger partial charge is 0.360 e. The average molecular weight is 239 g/mol. The Morgan fingerprint density at radius 3 is 2.71 bits per heavy atom. The first-order chi connectivity index (χ1) is 7.97. The predicted octanol–water partition coefficient (Wildman–Crippen LogP) is 1.93. The summed E-state index contributed by atoms with van der Waals surface area (Å²) in [6.45, 7) is 9.30. The van der Waals surface area contributed by atoms with Crippen LogP contribution < -0.4 is 5.73 Å². The molecule has 0 aromatic carbocycles. The van der Waals surface area contributed by atoms with Gasteiger partial charge in [-0.15, -0.1) is 0 Å². The Labute approximate surface area is 102 Å². The van der Waals surface area contributed by atoms with Crippen molar-refractivity contribution in [2.75, 3.05) is 12.3 Å². The van der Waals surface area contributed by atoms with Crippen LogP contribution in [-0.4, -0.2) is 22.1 Å². The Morgan fingerprint density at radius 2 is 2.18 bits per heavy atom. The third kappa shape index (κ3) is 3.22. The highest BCUT2D eigenvalue weighted by Crippen LogP contribution is 2.17. The SMILES string of the molecule is CCOC(=O)c1ncn(CC(C)C(C)C)c1N. The van der Waals surface area contributed by atoms with E-state index in [-0.39, 0.29) is 5.69 Å². The number of esters is 1. The van der Waals surface area contributed by atoms with Gasteiger partial charge in [-0.05, 0) is 18.8 Å². The molecule has 1 atom stereocenters. The maximum absolute atomic E-state index is 11.5. The van der Waals surface area contributed by atoms with Crippen LogP contribution in [0.15, 0.2) is 6.33 Å². The van der Waals surface area contributed by atoms with E-state index in [1.807, 2.05) is 0 Å². The predicted molar refractivity (Wildman–Crippen MR) is 66.6 cm³/mol. The number of rotatable bonds is 5. The van der Waals surface area contributed by atoms with Crippen LogP contribution in [0.25, 0.3) is 0 Å². The van der Waals surface area contributed by atoms with E-state index in [0.29, 0.717) is 24.3 Å². The Balaban J connectivity index is 2.80. The summed E-state index contributed by atoms with van der Waals surface area (Å²) < 4.78 is 6.68. The van der Waals surface area contributed by atoms with Crippen LogP contribution in [0.5, 0.6) is 0 Å².